The second-order valence-electron chi connectivity index (χ2n) is 8.76. The van der Waals surface area contributed by atoms with Crippen molar-refractivity contribution >= 4 is 40.8 Å². The third-order valence-corrected chi connectivity index (χ3v) is 7.35. The molecule has 0 aromatic heterocycles. The molecule has 1 aliphatic carbocycles. The van der Waals surface area contributed by atoms with E-state index >= 15 is 0 Å². The Hall–Kier alpha value is -3.03. The van der Waals surface area contributed by atoms with Gasteiger partial charge in [0.1, 0.15) is 6.26 Å². The zero-order valence-corrected chi connectivity index (χ0v) is 19.8. The average molecular weight is 472 g/mol. The molecular formula is C28H26BNO3S. The van der Waals surface area contributed by atoms with Crippen molar-refractivity contribution in [3.05, 3.63) is 102 Å². The van der Waals surface area contributed by atoms with Gasteiger partial charge in [0.25, 0.3) is 0 Å². The van der Waals surface area contributed by atoms with Crippen LogP contribution in [-0.2, 0) is 16.6 Å². The Morgan fingerprint density at radius 3 is 2.21 bits per heavy atom. The highest BCUT2D eigenvalue weighted by Crippen LogP contribution is 2.50. The molecule has 0 saturated carbocycles. The lowest BCUT2D eigenvalue weighted by Crippen LogP contribution is -2.34. The van der Waals surface area contributed by atoms with Crippen molar-refractivity contribution in [2.24, 2.45) is 0 Å². The molecule has 0 spiro atoms. The van der Waals surface area contributed by atoms with E-state index in [4.69, 9.17) is 6.85 Å². The molecule has 1 unspecified atom stereocenters. The first kappa shape index (κ1) is 17.4. The highest BCUT2D eigenvalue weighted by molar-refractivity contribution is 7.91. The molecule has 0 saturated heterocycles. The first-order valence-corrected chi connectivity index (χ1v) is 12.4. The lowest BCUT2D eigenvalue weighted by Gasteiger charge is -2.28. The first-order chi connectivity index (χ1) is 18.4. The number of fused-ring (bicyclic) bond motifs is 3. The Kier molecular flexibility index (Phi) is 4.42. The Morgan fingerprint density at radius 1 is 0.853 bits per heavy atom. The second-order valence-corrected chi connectivity index (χ2v) is 10.1. The molecule has 34 heavy (non-hydrogen) atoms. The fourth-order valence-electron chi connectivity index (χ4n) is 4.72. The van der Waals surface area contributed by atoms with E-state index in [0.717, 1.165) is 22.3 Å². The van der Waals surface area contributed by atoms with E-state index < -0.39 is 48.5 Å². The molecule has 0 heterocycles. The SMILES string of the molecule is [2H]c1c([2H])c([2H])c(N(c2ccc(B(O)O)c([S+](C)[O-])c2)c2ccc3c(c2)C(C)(C)c2ccccc2-3)c([2H])c1[2H]. The summed E-state index contributed by atoms with van der Waals surface area (Å²) in [6.45, 7) is 4.23. The maximum atomic E-state index is 12.6. The quantitative estimate of drug-likeness (QED) is 0.321. The van der Waals surface area contributed by atoms with Crippen molar-refractivity contribution in [2.75, 3.05) is 11.2 Å². The van der Waals surface area contributed by atoms with Gasteiger partial charge in [0, 0.05) is 28.3 Å². The number of benzene rings is 4. The first-order valence-electron chi connectivity index (χ1n) is 13.3. The van der Waals surface area contributed by atoms with Crippen molar-refractivity contribution in [3.63, 3.8) is 0 Å². The van der Waals surface area contributed by atoms with E-state index in [1.807, 2.05) is 30.3 Å². The molecule has 0 fully saturated rings. The summed E-state index contributed by atoms with van der Waals surface area (Å²) in [7, 11) is -1.86. The van der Waals surface area contributed by atoms with Crippen LogP contribution in [0.3, 0.4) is 0 Å². The number of hydrogen-bond acceptors (Lipinski definition) is 4. The van der Waals surface area contributed by atoms with Gasteiger partial charge in [-0.25, -0.2) is 0 Å². The van der Waals surface area contributed by atoms with Crippen LogP contribution < -0.4 is 10.4 Å². The third kappa shape index (κ3) is 3.73. The zero-order valence-electron chi connectivity index (χ0n) is 24.0. The van der Waals surface area contributed by atoms with Crippen LogP contribution in [0.25, 0.3) is 11.1 Å². The normalized spacial score (nSPS) is 16.4. The summed E-state index contributed by atoms with van der Waals surface area (Å²) < 4.78 is 54.6. The smallest absolute Gasteiger partial charge is 0.493 e. The van der Waals surface area contributed by atoms with E-state index in [1.165, 1.54) is 18.4 Å². The van der Waals surface area contributed by atoms with Gasteiger partial charge in [-0.3, -0.25) is 0 Å². The Labute approximate surface area is 210 Å². The highest BCUT2D eigenvalue weighted by Gasteiger charge is 2.35. The largest absolute Gasteiger partial charge is 0.612 e. The van der Waals surface area contributed by atoms with E-state index in [-0.39, 0.29) is 21.5 Å². The number of nitrogens with zero attached hydrogens (tertiary/aromatic N) is 1. The minimum atomic E-state index is -1.86. The maximum absolute atomic E-state index is 12.6. The number of hydrogen-bond donors (Lipinski definition) is 2. The van der Waals surface area contributed by atoms with Crippen LogP contribution in [0.5, 0.6) is 0 Å². The molecule has 6 heteroatoms. The second kappa shape index (κ2) is 8.64. The predicted octanol–water partition coefficient (Wildman–Crippen LogP) is 4.88. The lowest BCUT2D eigenvalue weighted by atomic mass is 9.80. The molecule has 2 N–H and O–H groups in total. The maximum Gasteiger partial charge on any atom is 0.493 e. The molecule has 5 rings (SSSR count). The van der Waals surface area contributed by atoms with Crippen LogP contribution in [0.2, 0.25) is 0 Å². The number of para-hydroxylation sites is 1. The Balaban J connectivity index is 1.81. The van der Waals surface area contributed by atoms with Crippen molar-refractivity contribution in [3.8, 4) is 11.1 Å². The summed E-state index contributed by atoms with van der Waals surface area (Å²) >= 11 is -1.61. The standard InChI is InChI=1S/C28H26BNO3S/c1-28(2)24-12-8-7-11-22(24)23-15-13-20(17-25(23)28)30(19-9-5-4-6-10-19)21-14-16-26(29(31)32)27(18-21)34(3)33/h4-18,31-32H,1-3H3/i4D,5D,6D,9D,10D. The van der Waals surface area contributed by atoms with Gasteiger partial charge < -0.3 is 19.5 Å². The van der Waals surface area contributed by atoms with Crippen LogP contribution in [0.1, 0.15) is 31.8 Å². The van der Waals surface area contributed by atoms with Crippen molar-refractivity contribution in [2.45, 2.75) is 24.2 Å². The summed E-state index contributed by atoms with van der Waals surface area (Å²) in [5.74, 6) is 0. The lowest BCUT2D eigenvalue weighted by molar-refractivity contribution is 0.424. The van der Waals surface area contributed by atoms with Crippen LogP contribution in [0.15, 0.2) is 95.8 Å². The van der Waals surface area contributed by atoms with E-state index in [1.54, 1.807) is 11.0 Å². The molecule has 170 valence electrons. The molecule has 0 bridgehead atoms. The summed E-state index contributed by atoms with van der Waals surface area (Å²) in [5, 5.41) is 19.7. The Morgan fingerprint density at radius 2 is 1.50 bits per heavy atom. The molecule has 0 aliphatic heterocycles. The fourth-order valence-corrected chi connectivity index (χ4v) is 5.51. The highest BCUT2D eigenvalue weighted by atomic mass is 32.2. The predicted molar refractivity (Wildman–Crippen MR) is 141 cm³/mol. The van der Waals surface area contributed by atoms with Gasteiger partial charge >= 0.3 is 7.12 Å². The monoisotopic (exact) mass is 472 g/mol. The van der Waals surface area contributed by atoms with Crippen LogP contribution >= 0.6 is 0 Å². The molecule has 4 nitrogen and oxygen atoms in total. The van der Waals surface area contributed by atoms with Gasteiger partial charge in [-0.2, -0.15) is 0 Å². The van der Waals surface area contributed by atoms with Crippen molar-refractivity contribution in [1.82, 2.24) is 0 Å². The molecule has 0 radical (unpaired) electrons. The summed E-state index contributed by atoms with van der Waals surface area (Å²) in [6.07, 6.45) is 1.41. The number of rotatable bonds is 5. The van der Waals surface area contributed by atoms with Crippen LogP contribution in [0.4, 0.5) is 17.1 Å². The molecule has 4 aromatic rings. The minimum absolute atomic E-state index is 0.0612. The van der Waals surface area contributed by atoms with Gasteiger partial charge in [0.05, 0.1) is 12.5 Å². The molecule has 1 aliphatic rings. The van der Waals surface area contributed by atoms with Crippen molar-refractivity contribution in [1.29, 1.82) is 0 Å². The molecular weight excluding hydrogens is 441 g/mol. The van der Waals surface area contributed by atoms with E-state index in [2.05, 4.69) is 26.0 Å². The third-order valence-electron chi connectivity index (χ3n) is 6.38. The molecule has 0 amide bonds. The fraction of sp³-hybridized carbons (Fsp3) is 0.143. The average Bonchev–Trinajstić information content (AvgIpc) is 3.14. The van der Waals surface area contributed by atoms with Gasteiger partial charge in [-0.05, 0) is 63.7 Å². The van der Waals surface area contributed by atoms with Crippen LogP contribution in [-0.4, -0.2) is 28.0 Å². The minimum Gasteiger partial charge on any atom is -0.612 e. The van der Waals surface area contributed by atoms with Gasteiger partial charge in [0.15, 0.2) is 4.90 Å². The Bertz CT molecular complexity index is 1600. The molecule has 4 aromatic carbocycles. The van der Waals surface area contributed by atoms with Gasteiger partial charge in [-0.1, -0.05) is 68.4 Å². The molecule has 1 atom stereocenters. The van der Waals surface area contributed by atoms with Gasteiger partial charge in [-0.15, -0.1) is 0 Å². The summed E-state index contributed by atoms with van der Waals surface area (Å²) in [6, 6.07) is 16.1. The number of anilines is 3. The van der Waals surface area contributed by atoms with Gasteiger partial charge in [0.2, 0.25) is 0 Å². The van der Waals surface area contributed by atoms with E-state index in [0.29, 0.717) is 11.4 Å². The van der Waals surface area contributed by atoms with Crippen molar-refractivity contribution < 1.29 is 21.5 Å². The summed E-state index contributed by atoms with van der Waals surface area (Å²) in [4.78, 5) is 1.71. The van der Waals surface area contributed by atoms with E-state index in [9.17, 15) is 14.6 Å². The summed E-state index contributed by atoms with van der Waals surface area (Å²) in [5.41, 5.74) is 4.88. The topological polar surface area (TPSA) is 66.8 Å². The zero-order chi connectivity index (χ0) is 28.4. The van der Waals surface area contributed by atoms with Crippen LogP contribution in [0, 0.1) is 0 Å².